The van der Waals surface area contributed by atoms with Crippen LogP contribution in [-0.4, -0.2) is 23.9 Å². The Labute approximate surface area is 110 Å². The van der Waals surface area contributed by atoms with Crippen LogP contribution in [0.1, 0.15) is 18.3 Å². The van der Waals surface area contributed by atoms with Crippen LogP contribution in [0.15, 0.2) is 28.8 Å². The summed E-state index contributed by atoms with van der Waals surface area (Å²) in [4.78, 5) is 4.25. The van der Waals surface area contributed by atoms with E-state index >= 15 is 0 Å². The maximum absolute atomic E-state index is 8.86. The molecule has 6 nitrogen and oxygen atoms in total. The van der Waals surface area contributed by atoms with Gasteiger partial charge in [0.05, 0.1) is 18.2 Å². The summed E-state index contributed by atoms with van der Waals surface area (Å²) in [6.45, 7) is 2.04. The molecule has 0 aliphatic heterocycles. The van der Waals surface area contributed by atoms with Crippen LogP contribution in [-0.2, 0) is 10.3 Å². The van der Waals surface area contributed by atoms with Crippen LogP contribution in [0.2, 0.25) is 0 Å². The summed E-state index contributed by atoms with van der Waals surface area (Å²) in [6.07, 6.45) is 0. The zero-order valence-corrected chi connectivity index (χ0v) is 10.8. The second kappa shape index (κ2) is 5.18. The SMILES string of the molecule is COCC(C)(N)c1noc(-c2cccc(C#N)c2)n1. The predicted molar refractivity (Wildman–Crippen MR) is 67.9 cm³/mol. The molecule has 6 heteroatoms. The van der Waals surface area contributed by atoms with E-state index in [1.54, 1.807) is 38.3 Å². The number of rotatable bonds is 4. The van der Waals surface area contributed by atoms with Crippen LogP contribution >= 0.6 is 0 Å². The topological polar surface area (TPSA) is 98.0 Å². The lowest BCUT2D eigenvalue weighted by Crippen LogP contribution is -2.38. The fourth-order valence-corrected chi connectivity index (χ4v) is 1.66. The van der Waals surface area contributed by atoms with Crippen LogP contribution in [0.5, 0.6) is 0 Å². The minimum Gasteiger partial charge on any atom is -0.382 e. The highest BCUT2D eigenvalue weighted by Crippen LogP contribution is 2.22. The number of ether oxygens (including phenoxy) is 1. The number of hydrogen-bond acceptors (Lipinski definition) is 6. The van der Waals surface area contributed by atoms with E-state index in [0.717, 1.165) is 0 Å². The second-order valence-corrected chi connectivity index (χ2v) is 4.47. The van der Waals surface area contributed by atoms with Gasteiger partial charge in [0.25, 0.3) is 5.89 Å². The molecule has 19 heavy (non-hydrogen) atoms. The van der Waals surface area contributed by atoms with Gasteiger partial charge in [-0.05, 0) is 25.1 Å². The van der Waals surface area contributed by atoms with Gasteiger partial charge in [-0.15, -0.1) is 0 Å². The van der Waals surface area contributed by atoms with Gasteiger partial charge in [0.15, 0.2) is 5.82 Å². The minimum atomic E-state index is -0.816. The molecule has 0 aliphatic carbocycles. The van der Waals surface area contributed by atoms with Crippen molar-refractivity contribution in [2.24, 2.45) is 5.73 Å². The molecule has 2 aromatic rings. The third kappa shape index (κ3) is 2.78. The molecule has 1 heterocycles. The van der Waals surface area contributed by atoms with Crippen LogP contribution in [0.3, 0.4) is 0 Å². The smallest absolute Gasteiger partial charge is 0.258 e. The van der Waals surface area contributed by atoms with Crippen molar-refractivity contribution in [2.45, 2.75) is 12.5 Å². The molecule has 0 bridgehead atoms. The third-order valence-corrected chi connectivity index (χ3v) is 2.62. The monoisotopic (exact) mass is 258 g/mol. The summed E-state index contributed by atoms with van der Waals surface area (Å²) in [5.74, 6) is 0.701. The van der Waals surface area contributed by atoms with E-state index in [0.29, 0.717) is 22.8 Å². The van der Waals surface area contributed by atoms with E-state index in [9.17, 15) is 0 Å². The molecule has 2 N–H and O–H groups in total. The van der Waals surface area contributed by atoms with Crippen LogP contribution in [0, 0.1) is 11.3 Å². The van der Waals surface area contributed by atoms with E-state index in [1.807, 2.05) is 0 Å². The molecule has 0 saturated heterocycles. The molecule has 1 unspecified atom stereocenters. The lowest BCUT2D eigenvalue weighted by molar-refractivity contribution is 0.135. The van der Waals surface area contributed by atoms with Crippen molar-refractivity contribution < 1.29 is 9.26 Å². The van der Waals surface area contributed by atoms with Gasteiger partial charge in [-0.1, -0.05) is 11.2 Å². The molecule has 2 rings (SSSR count). The molecule has 1 aromatic carbocycles. The molecular weight excluding hydrogens is 244 g/mol. The normalized spacial score (nSPS) is 13.8. The van der Waals surface area contributed by atoms with E-state index in [1.165, 1.54) is 0 Å². The maximum Gasteiger partial charge on any atom is 0.258 e. The maximum atomic E-state index is 8.86. The number of hydrogen-bond donors (Lipinski definition) is 1. The lowest BCUT2D eigenvalue weighted by atomic mass is 10.1. The summed E-state index contributed by atoms with van der Waals surface area (Å²) in [7, 11) is 1.56. The molecule has 1 aromatic heterocycles. The number of methoxy groups -OCH3 is 1. The average molecular weight is 258 g/mol. The van der Waals surface area contributed by atoms with Crippen molar-refractivity contribution in [3.8, 4) is 17.5 Å². The molecular formula is C13H14N4O2. The van der Waals surface area contributed by atoms with E-state index in [2.05, 4.69) is 16.2 Å². The van der Waals surface area contributed by atoms with Crippen LogP contribution < -0.4 is 5.73 Å². The average Bonchev–Trinajstić information content (AvgIpc) is 2.89. The summed E-state index contributed by atoms with van der Waals surface area (Å²) < 4.78 is 10.2. The van der Waals surface area contributed by atoms with Gasteiger partial charge < -0.3 is 15.0 Å². The summed E-state index contributed by atoms with van der Waals surface area (Å²) in [5.41, 5.74) is 6.44. The highest BCUT2D eigenvalue weighted by molar-refractivity contribution is 5.56. The first-order valence-corrected chi connectivity index (χ1v) is 5.69. The number of nitrogens with zero attached hydrogens (tertiary/aromatic N) is 3. The predicted octanol–water partition coefficient (Wildman–Crippen LogP) is 1.43. The zero-order valence-electron chi connectivity index (χ0n) is 10.8. The summed E-state index contributed by atoms with van der Waals surface area (Å²) >= 11 is 0. The Morgan fingerprint density at radius 2 is 2.32 bits per heavy atom. The molecule has 0 amide bonds. The van der Waals surface area contributed by atoms with Gasteiger partial charge in [-0.3, -0.25) is 0 Å². The second-order valence-electron chi connectivity index (χ2n) is 4.47. The van der Waals surface area contributed by atoms with Crippen LogP contribution in [0.25, 0.3) is 11.5 Å². The number of nitrogens with two attached hydrogens (primary N) is 1. The molecule has 0 radical (unpaired) electrons. The van der Waals surface area contributed by atoms with Crippen molar-refractivity contribution >= 4 is 0 Å². The molecule has 0 fully saturated rings. The fourth-order valence-electron chi connectivity index (χ4n) is 1.66. The fraction of sp³-hybridized carbons (Fsp3) is 0.308. The van der Waals surface area contributed by atoms with Crippen LogP contribution in [0.4, 0.5) is 0 Å². The molecule has 0 saturated carbocycles. The van der Waals surface area contributed by atoms with Gasteiger partial charge in [-0.25, -0.2) is 0 Å². The Balaban J connectivity index is 2.33. The van der Waals surface area contributed by atoms with Gasteiger partial charge in [0.1, 0.15) is 5.54 Å². The highest BCUT2D eigenvalue weighted by atomic mass is 16.5. The summed E-state index contributed by atoms with van der Waals surface area (Å²) in [5, 5.41) is 12.7. The molecule has 98 valence electrons. The van der Waals surface area contributed by atoms with Crippen molar-refractivity contribution in [3.05, 3.63) is 35.7 Å². The van der Waals surface area contributed by atoms with Gasteiger partial charge in [-0.2, -0.15) is 10.2 Å². The first kappa shape index (κ1) is 13.2. The first-order valence-electron chi connectivity index (χ1n) is 5.69. The van der Waals surface area contributed by atoms with Crippen molar-refractivity contribution in [3.63, 3.8) is 0 Å². The Morgan fingerprint density at radius 3 is 3.00 bits per heavy atom. The molecule has 1 atom stereocenters. The Kier molecular flexibility index (Phi) is 3.60. The minimum absolute atomic E-state index is 0.282. The Hall–Kier alpha value is -2.23. The third-order valence-electron chi connectivity index (χ3n) is 2.62. The molecule has 0 spiro atoms. The van der Waals surface area contributed by atoms with Crippen molar-refractivity contribution in [1.29, 1.82) is 5.26 Å². The number of nitriles is 1. The lowest BCUT2D eigenvalue weighted by Gasteiger charge is -2.18. The van der Waals surface area contributed by atoms with E-state index in [4.69, 9.17) is 20.3 Å². The quantitative estimate of drug-likeness (QED) is 0.890. The van der Waals surface area contributed by atoms with E-state index in [-0.39, 0.29) is 6.61 Å². The van der Waals surface area contributed by atoms with E-state index < -0.39 is 5.54 Å². The Bertz CT molecular complexity index is 613. The van der Waals surface area contributed by atoms with Gasteiger partial charge in [0.2, 0.25) is 0 Å². The molecule has 0 aliphatic rings. The largest absolute Gasteiger partial charge is 0.382 e. The number of aromatic nitrogens is 2. The number of benzene rings is 1. The van der Waals surface area contributed by atoms with Crippen molar-refractivity contribution in [2.75, 3.05) is 13.7 Å². The van der Waals surface area contributed by atoms with Gasteiger partial charge in [0, 0.05) is 12.7 Å². The first-order chi connectivity index (χ1) is 9.06. The van der Waals surface area contributed by atoms with Gasteiger partial charge >= 0.3 is 0 Å². The zero-order chi connectivity index (χ0) is 13.9. The summed E-state index contributed by atoms with van der Waals surface area (Å²) in [6, 6.07) is 9.00. The Morgan fingerprint density at radius 1 is 1.53 bits per heavy atom. The highest BCUT2D eigenvalue weighted by Gasteiger charge is 2.27. The van der Waals surface area contributed by atoms with Crippen molar-refractivity contribution in [1.82, 2.24) is 10.1 Å². The standard InChI is InChI=1S/C13H14N4O2/c1-13(15,8-18-2)12-16-11(19-17-12)10-5-3-4-9(6-10)7-14/h3-6H,8,15H2,1-2H3.